The highest BCUT2D eigenvalue weighted by Gasteiger charge is 2.21. The number of para-hydroxylation sites is 2. The summed E-state index contributed by atoms with van der Waals surface area (Å²) >= 11 is 0. The van der Waals surface area contributed by atoms with Gasteiger partial charge in [0.2, 0.25) is 0 Å². The van der Waals surface area contributed by atoms with Crippen molar-refractivity contribution in [1.29, 1.82) is 0 Å². The molecule has 1 aliphatic heterocycles. The smallest absolute Gasteiger partial charge is 0.298 e. The lowest BCUT2D eigenvalue weighted by atomic mass is 9.94. The quantitative estimate of drug-likeness (QED) is 0.902. The zero-order valence-electron chi connectivity index (χ0n) is 10.5. The first-order valence-corrected chi connectivity index (χ1v) is 6.67. The second-order valence-corrected chi connectivity index (χ2v) is 4.97. The van der Waals surface area contributed by atoms with Crippen molar-refractivity contribution in [3.63, 3.8) is 0 Å². The summed E-state index contributed by atoms with van der Waals surface area (Å²) in [5, 5.41) is 0. The Morgan fingerprint density at radius 3 is 2.78 bits per heavy atom. The number of fused-ring (bicyclic) bond motifs is 1. The highest BCUT2D eigenvalue weighted by Crippen LogP contribution is 2.27. The van der Waals surface area contributed by atoms with Gasteiger partial charge in [-0.1, -0.05) is 12.1 Å². The van der Waals surface area contributed by atoms with Gasteiger partial charge in [0.15, 0.2) is 5.58 Å². The van der Waals surface area contributed by atoms with Gasteiger partial charge in [-0.3, -0.25) is 0 Å². The summed E-state index contributed by atoms with van der Waals surface area (Å²) < 4.78 is 5.79. The van der Waals surface area contributed by atoms with Gasteiger partial charge >= 0.3 is 0 Å². The lowest BCUT2D eigenvalue weighted by Crippen LogP contribution is -2.34. The van der Waals surface area contributed by atoms with Crippen LogP contribution in [0.1, 0.15) is 19.3 Å². The van der Waals surface area contributed by atoms with Crippen LogP contribution in [0.4, 0.5) is 6.01 Å². The van der Waals surface area contributed by atoms with Gasteiger partial charge in [-0.15, -0.1) is 0 Å². The molecule has 1 aliphatic rings. The molecule has 0 unspecified atom stereocenters. The number of nitrogens with two attached hydrogens (primary N) is 1. The van der Waals surface area contributed by atoms with Gasteiger partial charge in [-0.05, 0) is 43.9 Å². The molecular formula is C14H19N3O. The molecule has 1 saturated heterocycles. The third kappa shape index (κ3) is 2.20. The number of anilines is 1. The average molecular weight is 245 g/mol. The Kier molecular flexibility index (Phi) is 3.19. The summed E-state index contributed by atoms with van der Waals surface area (Å²) in [6.45, 7) is 2.85. The van der Waals surface area contributed by atoms with Gasteiger partial charge in [0, 0.05) is 13.1 Å². The molecule has 0 atom stereocenters. The third-order valence-corrected chi connectivity index (χ3v) is 3.74. The molecule has 4 nitrogen and oxygen atoms in total. The van der Waals surface area contributed by atoms with Gasteiger partial charge in [-0.25, -0.2) is 0 Å². The van der Waals surface area contributed by atoms with Crippen molar-refractivity contribution in [1.82, 2.24) is 4.98 Å². The zero-order chi connectivity index (χ0) is 12.4. The molecule has 4 heteroatoms. The van der Waals surface area contributed by atoms with Crippen LogP contribution in [0.25, 0.3) is 11.1 Å². The molecule has 1 fully saturated rings. The summed E-state index contributed by atoms with van der Waals surface area (Å²) in [5.74, 6) is 0.774. The van der Waals surface area contributed by atoms with E-state index in [1.165, 1.54) is 12.8 Å². The maximum Gasteiger partial charge on any atom is 0.298 e. The fourth-order valence-corrected chi connectivity index (χ4v) is 2.64. The van der Waals surface area contributed by atoms with Crippen molar-refractivity contribution in [3.8, 4) is 0 Å². The van der Waals surface area contributed by atoms with Crippen LogP contribution in [0.15, 0.2) is 28.7 Å². The second kappa shape index (κ2) is 4.98. The number of aromatic nitrogens is 1. The number of oxazole rings is 1. The molecule has 18 heavy (non-hydrogen) atoms. The first-order chi connectivity index (χ1) is 8.86. The maximum absolute atomic E-state index is 5.79. The minimum atomic E-state index is 0.766. The Hall–Kier alpha value is -1.55. The molecule has 0 amide bonds. The SMILES string of the molecule is NCCC1CCN(c2nc3ccccc3o2)CC1. The number of benzene rings is 1. The summed E-state index contributed by atoms with van der Waals surface area (Å²) in [5.41, 5.74) is 7.42. The van der Waals surface area contributed by atoms with E-state index < -0.39 is 0 Å². The summed E-state index contributed by atoms with van der Waals surface area (Å²) in [4.78, 5) is 6.79. The van der Waals surface area contributed by atoms with Crippen molar-refractivity contribution in [2.24, 2.45) is 11.7 Å². The number of hydrogen-bond donors (Lipinski definition) is 1. The zero-order valence-corrected chi connectivity index (χ0v) is 10.5. The Bertz CT molecular complexity index is 481. The molecule has 96 valence electrons. The molecule has 1 aromatic carbocycles. The predicted octanol–water partition coefficient (Wildman–Crippen LogP) is 2.39. The van der Waals surface area contributed by atoms with Crippen LogP contribution in [0.2, 0.25) is 0 Å². The van der Waals surface area contributed by atoms with Gasteiger partial charge in [0.1, 0.15) is 5.52 Å². The number of piperidine rings is 1. The molecule has 0 bridgehead atoms. The van der Waals surface area contributed by atoms with E-state index in [-0.39, 0.29) is 0 Å². The van der Waals surface area contributed by atoms with Gasteiger partial charge in [0.05, 0.1) is 0 Å². The minimum absolute atomic E-state index is 0.766. The lowest BCUT2D eigenvalue weighted by Gasteiger charge is -2.30. The van der Waals surface area contributed by atoms with E-state index in [1.54, 1.807) is 0 Å². The van der Waals surface area contributed by atoms with Gasteiger partial charge < -0.3 is 15.1 Å². The third-order valence-electron chi connectivity index (χ3n) is 3.74. The molecule has 2 aromatic rings. The Labute approximate surface area is 107 Å². The summed E-state index contributed by atoms with van der Waals surface area (Å²) in [6.07, 6.45) is 3.52. The van der Waals surface area contributed by atoms with Crippen molar-refractivity contribution >= 4 is 17.1 Å². The van der Waals surface area contributed by atoms with Crippen molar-refractivity contribution < 1.29 is 4.42 Å². The Morgan fingerprint density at radius 2 is 2.06 bits per heavy atom. The molecule has 0 aliphatic carbocycles. The summed E-state index contributed by atoms with van der Waals surface area (Å²) in [6, 6.07) is 8.69. The molecule has 1 aromatic heterocycles. The Balaban J connectivity index is 1.72. The monoisotopic (exact) mass is 245 g/mol. The van der Waals surface area contributed by atoms with E-state index in [9.17, 15) is 0 Å². The highest BCUT2D eigenvalue weighted by atomic mass is 16.4. The molecule has 2 heterocycles. The Morgan fingerprint density at radius 1 is 1.28 bits per heavy atom. The van der Waals surface area contributed by atoms with Crippen LogP contribution in [-0.4, -0.2) is 24.6 Å². The second-order valence-electron chi connectivity index (χ2n) is 4.97. The number of rotatable bonds is 3. The van der Waals surface area contributed by atoms with E-state index >= 15 is 0 Å². The first kappa shape index (κ1) is 11.5. The number of hydrogen-bond acceptors (Lipinski definition) is 4. The molecule has 0 saturated carbocycles. The normalized spacial score (nSPS) is 17.5. The highest BCUT2D eigenvalue weighted by molar-refractivity contribution is 5.74. The van der Waals surface area contributed by atoms with E-state index in [0.717, 1.165) is 49.1 Å². The predicted molar refractivity (Wildman–Crippen MR) is 72.6 cm³/mol. The average Bonchev–Trinajstić information content (AvgIpc) is 2.84. The van der Waals surface area contributed by atoms with Crippen LogP contribution >= 0.6 is 0 Å². The van der Waals surface area contributed by atoms with E-state index in [4.69, 9.17) is 10.2 Å². The van der Waals surface area contributed by atoms with Crippen molar-refractivity contribution in [3.05, 3.63) is 24.3 Å². The maximum atomic E-state index is 5.79. The van der Waals surface area contributed by atoms with Crippen molar-refractivity contribution in [2.75, 3.05) is 24.5 Å². The van der Waals surface area contributed by atoms with E-state index in [0.29, 0.717) is 0 Å². The standard InChI is InChI=1S/C14H19N3O/c15-8-5-11-6-9-17(10-7-11)14-16-12-3-1-2-4-13(12)18-14/h1-4,11H,5-10,15H2. The van der Waals surface area contributed by atoms with Crippen LogP contribution in [0.5, 0.6) is 0 Å². The van der Waals surface area contributed by atoms with Crippen LogP contribution in [0.3, 0.4) is 0 Å². The summed E-state index contributed by atoms with van der Waals surface area (Å²) in [7, 11) is 0. The molecular weight excluding hydrogens is 226 g/mol. The van der Waals surface area contributed by atoms with Crippen LogP contribution in [0, 0.1) is 5.92 Å². The van der Waals surface area contributed by atoms with Crippen LogP contribution < -0.4 is 10.6 Å². The van der Waals surface area contributed by atoms with E-state index in [2.05, 4.69) is 9.88 Å². The number of nitrogens with zero attached hydrogens (tertiary/aromatic N) is 2. The minimum Gasteiger partial charge on any atom is -0.423 e. The molecule has 2 N–H and O–H groups in total. The lowest BCUT2D eigenvalue weighted by molar-refractivity contribution is 0.373. The molecule has 3 rings (SSSR count). The van der Waals surface area contributed by atoms with Gasteiger partial charge in [-0.2, -0.15) is 4.98 Å². The van der Waals surface area contributed by atoms with E-state index in [1.807, 2.05) is 24.3 Å². The van der Waals surface area contributed by atoms with Gasteiger partial charge in [0.25, 0.3) is 6.01 Å². The topological polar surface area (TPSA) is 55.3 Å². The van der Waals surface area contributed by atoms with Crippen LogP contribution in [-0.2, 0) is 0 Å². The fourth-order valence-electron chi connectivity index (χ4n) is 2.64. The fraction of sp³-hybridized carbons (Fsp3) is 0.500. The largest absolute Gasteiger partial charge is 0.423 e. The first-order valence-electron chi connectivity index (χ1n) is 6.67. The van der Waals surface area contributed by atoms with Crippen molar-refractivity contribution in [2.45, 2.75) is 19.3 Å². The molecule has 0 radical (unpaired) electrons. The molecule has 0 spiro atoms.